The van der Waals surface area contributed by atoms with Gasteiger partial charge in [-0.15, -0.1) is 0 Å². The number of nitrogens with one attached hydrogen (secondary N) is 1. The highest BCUT2D eigenvalue weighted by atomic mass is 19.1. The van der Waals surface area contributed by atoms with E-state index in [9.17, 15) is 4.39 Å². The van der Waals surface area contributed by atoms with Crippen LogP contribution in [-0.4, -0.2) is 36.3 Å². The van der Waals surface area contributed by atoms with E-state index in [1.165, 1.54) is 0 Å². The Morgan fingerprint density at radius 3 is 3.12 bits per heavy atom. The number of nitrogens with two attached hydrogens (primary N) is 1. The van der Waals surface area contributed by atoms with Gasteiger partial charge >= 0.3 is 0 Å². The molecule has 1 unspecified atom stereocenters. The molecule has 2 rings (SSSR count). The number of nitrogen functional groups attached to an aromatic ring is 1. The number of halogens is 1. The molecule has 0 aromatic carbocycles. The maximum atomic E-state index is 13.5. The van der Waals surface area contributed by atoms with Crippen molar-refractivity contribution in [1.29, 1.82) is 0 Å². The monoisotopic (exact) mass is 227 g/mol. The molecule has 0 radical (unpaired) electrons. The lowest BCUT2D eigenvalue weighted by Crippen LogP contribution is -2.33. The summed E-state index contributed by atoms with van der Waals surface area (Å²) in [7, 11) is 1.78. The minimum atomic E-state index is -0.464. The lowest BCUT2D eigenvalue weighted by atomic mass is 10.2. The SMILES string of the molecule is CN(c1nc(NN)ncc1F)C1CCOC1. The number of aromatic nitrogens is 2. The number of anilines is 2. The van der Waals surface area contributed by atoms with Gasteiger partial charge in [0, 0.05) is 13.7 Å². The standard InChI is InChI=1S/C9H14FN5O/c1-15(6-2-3-16-5-6)8-7(10)4-12-9(13-8)14-11/h4,6H,2-3,5,11H2,1H3,(H,12,13,14). The van der Waals surface area contributed by atoms with E-state index in [2.05, 4.69) is 15.4 Å². The van der Waals surface area contributed by atoms with Crippen molar-refractivity contribution in [2.75, 3.05) is 30.6 Å². The molecule has 0 bridgehead atoms. The summed E-state index contributed by atoms with van der Waals surface area (Å²) in [4.78, 5) is 9.42. The molecule has 2 heterocycles. The van der Waals surface area contributed by atoms with E-state index < -0.39 is 5.82 Å². The van der Waals surface area contributed by atoms with Gasteiger partial charge in [0.2, 0.25) is 5.95 Å². The zero-order valence-electron chi connectivity index (χ0n) is 8.98. The summed E-state index contributed by atoms with van der Waals surface area (Å²) in [6, 6.07) is 0.148. The van der Waals surface area contributed by atoms with Crippen molar-refractivity contribution >= 4 is 11.8 Å². The summed E-state index contributed by atoms with van der Waals surface area (Å²) in [5.74, 6) is 5.15. The summed E-state index contributed by atoms with van der Waals surface area (Å²) in [6.45, 7) is 1.29. The molecular formula is C9H14FN5O. The first kappa shape index (κ1) is 11.0. The molecule has 0 spiro atoms. The van der Waals surface area contributed by atoms with Crippen LogP contribution in [0.3, 0.4) is 0 Å². The van der Waals surface area contributed by atoms with Crippen LogP contribution in [0.2, 0.25) is 0 Å². The third-order valence-electron chi connectivity index (χ3n) is 2.64. The zero-order chi connectivity index (χ0) is 11.5. The Bertz CT molecular complexity index is 369. The molecule has 1 fully saturated rings. The van der Waals surface area contributed by atoms with E-state index in [1.54, 1.807) is 11.9 Å². The summed E-state index contributed by atoms with van der Waals surface area (Å²) in [5.41, 5.74) is 2.29. The van der Waals surface area contributed by atoms with Crippen molar-refractivity contribution in [1.82, 2.24) is 9.97 Å². The molecule has 1 aromatic heterocycles. The van der Waals surface area contributed by atoms with Crippen LogP contribution in [-0.2, 0) is 4.74 Å². The van der Waals surface area contributed by atoms with E-state index in [4.69, 9.17) is 10.6 Å². The molecule has 3 N–H and O–H groups in total. The first-order valence-corrected chi connectivity index (χ1v) is 5.02. The van der Waals surface area contributed by atoms with Gasteiger partial charge < -0.3 is 9.64 Å². The van der Waals surface area contributed by atoms with Crippen LogP contribution in [0.25, 0.3) is 0 Å². The average Bonchev–Trinajstić information content (AvgIpc) is 2.82. The van der Waals surface area contributed by atoms with Crippen molar-refractivity contribution in [3.8, 4) is 0 Å². The Morgan fingerprint density at radius 2 is 2.50 bits per heavy atom. The fourth-order valence-electron chi connectivity index (χ4n) is 1.68. The molecule has 16 heavy (non-hydrogen) atoms. The summed E-state index contributed by atoms with van der Waals surface area (Å²) >= 11 is 0. The van der Waals surface area contributed by atoms with Crippen molar-refractivity contribution in [2.45, 2.75) is 12.5 Å². The van der Waals surface area contributed by atoms with Crippen LogP contribution in [0.4, 0.5) is 16.2 Å². The highest BCUT2D eigenvalue weighted by molar-refractivity contribution is 5.43. The minimum Gasteiger partial charge on any atom is -0.379 e. The smallest absolute Gasteiger partial charge is 0.239 e. The molecule has 1 aliphatic rings. The van der Waals surface area contributed by atoms with Gasteiger partial charge in [-0.2, -0.15) is 4.98 Å². The van der Waals surface area contributed by atoms with Gasteiger partial charge in [0.15, 0.2) is 11.6 Å². The van der Waals surface area contributed by atoms with E-state index in [-0.39, 0.29) is 17.8 Å². The molecule has 0 saturated carbocycles. The van der Waals surface area contributed by atoms with Gasteiger partial charge in [-0.3, -0.25) is 5.43 Å². The van der Waals surface area contributed by atoms with Gasteiger partial charge in [-0.25, -0.2) is 15.2 Å². The molecule has 0 amide bonds. The molecule has 1 atom stereocenters. The summed E-state index contributed by atoms with van der Waals surface area (Å²) in [5, 5.41) is 0. The number of nitrogens with zero attached hydrogens (tertiary/aromatic N) is 3. The fourth-order valence-corrected chi connectivity index (χ4v) is 1.68. The third kappa shape index (κ3) is 2.05. The van der Waals surface area contributed by atoms with Crippen LogP contribution in [0.5, 0.6) is 0 Å². The van der Waals surface area contributed by atoms with Crippen molar-refractivity contribution in [2.24, 2.45) is 5.84 Å². The highest BCUT2D eigenvalue weighted by Gasteiger charge is 2.23. The van der Waals surface area contributed by atoms with Crippen molar-refractivity contribution < 1.29 is 9.13 Å². The predicted octanol–water partition coefficient (Wildman–Crippen LogP) is 0.126. The van der Waals surface area contributed by atoms with Gasteiger partial charge in [-0.05, 0) is 6.42 Å². The van der Waals surface area contributed by atoms with Gasteiger partial charge in [0.1, 0.15) is 0 Å². The number of hydrazine groups is 1. The molecule has 1 aromatic rings. The topological polar surface area (TPSA) is 76.3 Å². The highest BCUT2D eigenvalue weighted by Crippen LogP contribution is 2.21. The lowest BCUT2D eigenvalue weighted by molar-refractivity contribution is 0.193. The van der Waals surface area contributed by atoms with Gasteiger partial charge in [0.05, 0.1) is 18.8 Å². The molecular weight excluding hydrogens is 213 g/mol. The molecule has 6 nitrogen and oxygen atoms in total. The van der Waals surface area contributed by atoms with Crippen LogP contribution in [0.1, 0.15) is 6.42 Å². The average molecular weight is 227 g/mol. The van der Waals surface area contributed by atoms with Gasteiger partial charge in [0.25, 0.3) is 0 Å². The second-order valence-electron chi connectivity index (χ2n) is 3.64. The predicted molar refractivity (Wildman–Crippen MR) is 57.4 cm³/mol. The van der Waals surface area contributed by atoms with Crippen LogP contribution < -0.4 is 16.2 Å². The van der Waals surface area contributed by atoms with Crippen molar-refractivity contribution in [3.05, 3.63) is 12.0 Å². The van der Waals surface area contributed by atoms with Crippen molar-refractivity contribution in [3.63, 3.8) is 0 Å². The lowest BCUT2D eigenvalue weighted by Gasteiger charge is -2.24. The van der Waals surface area contributed by atoms with Crippen LogP contribution in [0, 0.1) is 5.82 Å². The quantitative estimate of drug-likeness (QED) is 0.564. The fraction of sp³-hybridized carbons (Fsp3) is 0.556. The number of rotatable bonds is 3. The Balaban J connectivity index is 2.23. The van der Waals surface area contributed by atoms with E-state index in [1.807, 2.05) is 0 Å². The van der Waals surface area contributed by atoms with E-state index in [0.717, 1.165) is 12.6 Å². The van der Waals surface area contributed by atoms with E-state index >= 15 is 0 Å². The number of hydrogen-bond donors (Lipinski definition) is 2. The van der Waals surface area contributed by atoms with E-state index in [0.29, 0.717) is 13.2 Å². The first-order chi connectivity index (χ1) is 7.72. The summed E-state index contributed by atoms with van der Waals surface area (Å²) < 4.78 is 18.8. The van der Waals surface area contributed by atoms with Crippen LogP contribution >= 0.6 is 0 Å². The Kier molecular flexibility index (Phi) is 3.16. The Morgan fingerprint density at radius 1 is 1.69 bits per heavy atom. The largest absolute Gasteiger partial charge is 0.379 e. The Labute approximate surface area is 92.6 Å². The third-order valence-corrected chi connectivity index (χ3v) is 2.64. The molecule has 0 aliphatic carbocycles. The maximum absolute atomic E-state index is 13.5. The molecule has 88 valence electrons. The Hall–Kier alpha value is -1.47. The molecule has 1 saturated heterocycles. The number of likely N-dealkylation sites (N-methyl/N-ethyl adjacent to an activating group) is 1. The molecule has 7 heteroatoms. The summed E-state index contributed by atoms with van der Waals surface area (Å²) in [6.07, 6.45) is 1.97. The first-order valence-electron chi connectivity index (χ1n) is 5.02. The number of ether oxygens (including phenoxy) is 1. The minimum absolute atomic E-state index is 0.148. The zero-order valence-corrected chi connectivity index (χ0v) is 8.98. The van der Waals surface area contributed by atoms with Crippen LogP contribution in [0.15, 0.2) is 6.20 Å². The number of hydrogen-bond acceptors (Lipinski definition) is 6. The second-order valence-corrected chi connectivity index (χ2v) is 3.64. The second kappa shape index (κ2) is 4.58. The normalized spacial score (nSPS) is 19.8. The maximum Gasteiger partial charge on any atom is 0.239 e. The molecule has 1 aliphatic heterocycles. The van der Waals surface area contributed by atoms with Gasteiger partial charge in [-0.1, -0.05) is 0 Å².